The van der Waals surface area contributed by atoms with Gasteiger partial charge >= 0.3 is 0 Å². The fourth-order valence-electron chi connectivity index (χ4n) is 9.11. The first-order valence-electron chi connectivity index (χ1n) is 20.4. The summed E-state index contributed by atoms with van der Waals surface area (Å²) in [5.41, 5.74) is 24.3. The summed E-state index contributed by atoms with van der Waals surface area (Å²) >= 11 is 0. The highest BCUT2D eigenvalue weighted by Crippen LogP contribution is 2.52. The molecule has 0 bridgehead atoms. The third kappa shape index (κ3) is 6.63. The fraction of sp³-hybridized carbons (Fsp3) is 0.0702. The van der Waals surface area contributed by atoms with Gasteiger partial charge in [-0.05, 0) is 100 Å². The molecule has 0 unspecified atom stereocenters. The van der Waals surface area contributed by atoms with Crippen molar-refractivity contribution in [3.05, 3.63) is 234 Å². The molecule has 0 aromatic heterocycles. The van der Waals surface area contributed by atoms with Crippen LogP contribution in [0, 0.1) is 0 Å². The Morgan fingerprint density at radius 3 is 1.83 bits per heavy atom. The first-order chi connectivity index (χ1) is 28.9. The first-order valence-corrected chi connectivity index (χ1v) is 20.4. The second kappa shape index (κ2) is 14.9. The lowest BCUT2D eigenvalue weighted by Crippen LogP contribution is -2.15. The molecule has 0 saturated heterocycles. The molecule has 0 amide bonds. The number of hydrogen-bond donors (Lipinski definition) is 1. The van der Waals surface area contributed by atoms with Gasteiger partial charge in [-0.1, -0.05) is 208 Å². The van der Waals surface area contributed by atoms with Crippen LogP contribution < -0.4 is 5.73 Å². The molecule has 2 heteroatoms. The van der Waals surface area contributed by atoms with Crippen molar-refractivity contribution in [2.45, 2.75) is 25.8 Å². The normalized spacial score (nSPS) is 13.4. The SMILES string of the molecule is CC1(C)c2ccc(-c3ccc(-c4ccc(/C(N)=C/C(=NCc5ccccc5)c5ccc(-c6ccccc6)cc5)c5ccccc45)cc3)cc2-c2ccc3ccccc3c21. The molecule has 282 valence electrons. The van der Waals surface area contributed by atoms with Crippen molar-refractivity contribution in [3.8, 4) is 44.5 Å². The molecule has 0 fully saturated rings. The molecule has 0 spiro atoms. The molecule has 2 nitrogen and oxygen atoms in total. The van der Waals surface area contributed by atoms with Gasteiger partial charge < -0.3 is 5.73 Å². The zero-order valence-corrected chi connectivity index (χ0v) is 33.4. The van der Waals surface area contributed by atoms with Crippen LogP contribution in [-0.2, 0) is 12.0 Å². The smallest absolute Gasteiger partial charge is 0.0671 e. The van der Waals surface area contributed by atoms with Gasteiger partial charge in [0.05, 0.1) is 12.3 Å². The molecule has 1 aliphatic carbocycles. The Bertz CT molecular complexity index is 3060. The average molecular weight is 757 g/mol. The Kier molecular flexibility index (Phi) is 9.11. The number of nitrogens with zero attached hydrogens (tertiary/aromatic N) is 1. The monoisotopic (exact) mass is 756 g/mol. The highest BCUT2D eigenvalue weighted by atomic mass is 14.7. The summed E-state index contributed by atoms with van der Waals surface area (Å²) in [5.74, 6) is 0. The summed E-state index contributed by atoms with van der Waals surface area (Å²) in [6.07, 6.45) is 2.04. The van der Waals surface area contributed by atoms with Crippen LogP contribution in [-0.4, -0.2) is 5.71 Å². The summed E-state index contributed by atoms with van der Waals surface area (Å²) < 4.78 is 0. The van der Waals surface area contributed by atoms with Gasteiger partial charge in [0.1, 0.15) is 0 Å². The van der Waals surface area contributed by atoms with Crippen molar-refractivity contribution in [1.29, 1.82) is 0 Å². The minimum absolute atomic E-state index is 0.0651. The van der Waals surface area contributed by atoms with Crippen LogP contribution >= 0.6 is 0 Å². The van der Waals surface area contributed by atoms with Gasteiger partial charge in [-0.3, -0.25) is 4.99 Å². The van der Waals surface area contributed by atoms with E-state index in [0.29, 0.717) is 12.2 Å². The summed E-state index contributed by atoms with van der Waals surface area (Å²) in [5, 5.41) is 4.91. The largest absolute Gasteiger partial charge is 0.398 e. The van der Waals surface area contributed by atoms with E-state index in [1.54, 1.807) is 0 Å². The Morgan fingerprint density at radius 2 is 1.07 bits per heavy atom. The van der Waals surface area contributed by atoms with Crippen LogP contribution in [0.2, 0.25) is 0 Å². The Labute approximate surface area is 346 Å². The molecule has 2 N–H and O–H groups in total. The number of nitrogens with two attached hydrogens (primary N) is 1. The lowest BCUT2D eigenvalue weighted by atomic mass is 9.80. The minimum Gasteiger partial charge on any atom is -0.398 e. The van der Waals surface area contributed by atoms with Crippen molar-refractivity contribution >= 4 is 33.0 Å². The second-order valence-electron chi connectivity index (χ2n) is 16.1. The Balaban J connectivity index is 0.977. The molecular weight excluding hydrogens is 713 g/mol. The summed E-state index contributed by atoms with van der Waals surface area (Å²) in [6.45, 7) is 5.28. The van der Waals surface area contributed by atoms with Gasteiger partial charge in [0, 0.05) is 16.7 Å². The Morgan fingerprint density at radius 1 is 0.492 bits per heavy atom. The maximum Gasteiger partial charge on any atom is 0.0671 e. The molecule has 0 aliphatic heterocycles. The van der Waals surface area contributed by atoms with Crippen molar-refractivity contribution < 1.29 is 0 Å². The van der Waals surface area contributed by atoms with Crippen LogP contribution in [0.4, 0.5) is 0 Å². The summed E-state index contributed by atoms with van der Waals surface area (Å²) in [4.78, 5) is 5.12. The molecule has 9 aromatic carbocycles. The van der Waals surface area contributed by atoms with Crippen LogP contribution in [0.5, 0.6) is 0 Å². The van der Waals surface area contributed by atoms with Gasteiger partial charge in [0.2, 0.25) is 0 Å². The van der Waals surface area contributed by atoms with E-state index in [-0.39, 0.29) is 5.41 Å². The molecule has 0 saturated carbocycles. The standard InChI is InChI=1S/C57H44N2/c1-57(2)53-34-30-45(35-52(53)51-31-29-42-17-9-10-18-47(42)56(51)57)41-21-25-43(26-22-41)46-32-33-50(49-20-12-11-19-48(46)49)54(58)36-55(59-37-38-13-5-3-6-14-38)44-27-23-40(24-28-44)39-15-7-4-8-16-39/h3-36H,37,58H2,1-2H3/b54-36-,59-55?. The topological polar surface area (TPSA) is 38.4 Å². The molecule has 10 rings (SSSR count). The second-order valence-corrected chi connectivity index (χ2v) is 16.1. The number of hydrogen-bond acceptors (Lipinski definition) is 2. The Hall–Kier alpha value is -7.29. The summed E-state index contributed by atoms with van der Waals surface area (Å²) in [6, 6.07) is 71.8. The molecular formula is C57H44N2. The predicted molar refractivity (Wildman–Crippen MR) is 251 cm³/mol. The summed E-state index contributed by atoms with van der Waals surface area (Å²) in [7, 11) is 0. The van der Waals surface area contributed by atoms with E-state index >= 15 is 0 Å². The molecule has 0 radical (unpaired) electrons. The van der Waals surface area contributed by atoms with Crippen molar-refractivity contribution in [2.75, 3.05) is 0 Å². The van der Waals surface area contributed by atoms with Gasteiger partial charge in [-0.25, -0.2) is 0 Å². The molecule has 1 aliphatic rings. The maximum absolute atomic E-state index is 7.06. The van der Waals surface area contributed by atoms with Crippen molar-refractivity contribution in [2.24, 2.45) is 10.7 Å². The van der Waals surface area contributed by atoms with E-state index in [4.69, 9.17) is 10.7 Å². The molecule has 9 aromatic rings. The number of benzene rings is 9. The number of allylic oxidation sites excluding steroid dienone is 1. The fourth-order valence-corrected chi connectivity index (χ4v) is 9.11. The highest BCUT2D eigenvalue weighted by molar-refractivity contribution is 6.14. The number of aliphatic imine (C=N–C) groups is 1. The van der Waals surface area contributed by atoms with Gasteiger partial charge in [-0.15, -0.1) is 0 Å². The maximum atomic E-state index is 7.06. The van der Waals surface area contributed by atoms with E-state index in [2.05, 4.69) is 202 Å². The third-order valence-electron chi connectivity index (χ3n) is 12.2. The minimum atomic E-state index is -0.0651. The zero-order chi connectivity index (χ0) is 39.9. The van der Waals surface area contributed by atoms with E-state index in [0.717, 1.165) is 33.2 Å². The number of rotatable bonds is 8. The van der Waals surface area contributed by atoms with Crippen molar-refractivity contribution in [3.63, 3.8) is 0 Å². The third-order valence-corrected chi connectivity index (χ3v) is 12.2. The van der Waals surface area contributed by atoms with Crippen LogP contribution in [0.15, 0.2) is 211 Å². The van der Waals surface area contributed by atoms with E-state index < -0.39 is 0 Å². The van der Waals surface area contributed by atoms with E-state index in [1.165, 1.54) is 66.4 Å². The van der Waals surface area contributed by atoms with Crippen LogP contribution in [0.25, 0.3) is 71.7 Å². The van der Waals surface area contributed by atoms with E-state index in [1.807, 2.05) is 18.2 Å². The first kappa shape index (κ1) is 36.1. The molecule has 59 heavy (non-hydrogen) atoms. The predicted octanol–water partition coefficient (Wildman–Crippen LogP) is 14.3. The lowest BCUT2D eigenvalue weighted by Gasteiger charge is -2.23. The zero-order valence-electron chi connectivity index (χ0n) is 33.4. The van der Waals surface area contributed by atoms with Gasteiger partial charge in [0.25, 0.3) is 0 Å². The lowest BCUT2D eigenvalue weighted by molar-refractivity contribution is 0.666. The molecule has 0 heterocycles. The van der Waals surface area contributed by atoms with E-state index in [9.17, 15) is 0 Å². The number of fused-ring (bicyclic) bond motifs is 6. The average Bonchev–Trinajstić information content (AvgIpc) is 3.53. The molecule has 0 atom stereocenters. The van der Waals surface area contributed by atoms with Crippen molar-refractivity contribution in [1.82, 2.24) is 0 Å². The van der Waals surface area contributed by atoms with Gasteiger partial charge in [0.15, 0.2) is 0 Å². The van der Waals surface area contributed by atoms with Crippen LogP contribution in [0.1, 0.15) is 41.7 Å². The van der Waals surface area contributed by atoms with Crippen LogP contribution in [0.3, 0.4) is 0 Å². The quantitative estimate of drug-likeness (QED) is 0.154. The highest BCUT2D eigenvalue weighted by Gasteiger charge is 2.36. The van der Waals surface area contributed by atoms with Gasteiger partial charge in [-0.2, -0.15) is 0 Å².